The average Bonchev–Trinajstić information content (AvgIpc) is 2.92. The van der Waals surface area contributed by atoms with E-state index in [0.29, 0.717) is 5.56 Å². The normalized spacial score (nSPS) is 17.6. The third-order valence-electron chi connectivity index (χ3n) is 3.42. The van der Waals surface area contributed by atoms with Crippen LogP contribution >= 0.6 is 0 Å². The van der Waals surface area contributed by atoms with E-state index in [1.165, 1.54) is 18.2 Å². The third kappa shape index (κ3) is 3.87. The zero-order valence-electron chi connectivity index (χ0n) is 14.4. The van der Waals surface area contributed by atoms with Gasteiger partial charge in [-0.25, -0.2) is 16.8 Å². The van der Waals surface area contributed by atoms with Gasteiger partial charge in [0.2, 0.25) is 0 Å². The molecule has 2 aromatic rings. The van der Waals surface area contributed by atoms with Crippen molar-refractivity contribution in [3.05, 3.63) is 60.2 Å². The summed E-state index contributed by atoms with van der Waals surface area (Å²) in [6.07, 6.45) is 0. The topological polar surface area (TPSA) is 68.3 Å². The Balaban J connectivity index is 0.000000671. The lowest BCUT2D eigenvalue weighted by molar-refractivity contribution is 0.582. The van der Waals surface area contributed by atoms with Crippen molar-refractivity contribution in [2.24, 2.45) is 0 Å². The van der Waals surface area contributed by atoms with Gasteiger partial charge in [-0.1, -0.05) is 64.1 Å². The molecule has 1 unspecified atom stereocenters. The van der Waals surface area contributed by atoms with Gasteiger partial charge in [0.25, 0.3) is 0 Å². The first-order valence-electron chi connectivity index (χ1n) is 8.03. The largest absolute Gasteiger partial charge is 0.224 e. The van der Waals surface area contributed by atoms with Crippen molar-refractivity contribution in [2.75, 3.05) is 5.75 Å². The zero-order valence-corrected chi connectivity index (χ0v) is 16.1. The predicted molar refractivity (Wildman–Crippen MR) is 97.6 cm³/mol. The lowest BCUT2D eigenvalue weighted by Crippen LogP contribution is -2.15. The highest BCUT2D eigenvalue weighted by Crippen LogP contribution is 2.40. The summed E-state index contributed by atoms with van der Waals surface area (Å²) in [5.41, 5.74) is 0.372. The average molecular weight is 369 g/mol. The summed E-state index contributed by atoms with van der Waals surface area (Å²) in [6, 6.07) is 14.3. The molecule has 0 saturated heterocycles. The van der Waals surface area contributed by atoms with Crippen molar-refractivity contribution in [3.8, 4) is 0 Å². The molecule has 1 atom stereocenters. The maximum Gasteiger partial charge on any atom is 0.186 e. The molecule has 4 nitrogen and oxygen atoms in total. The minimum Gasteiger partial charge on any atom is -0.224 e. The van der Waals surface area contributed by atoms with E-state index in [1.54, 1.807) is 36.4 Å². The molecule has 24 heavy (non-hydrogen) atoms. The highest BCUT2D eigenvalue weighted by molar-refractivity contribution is 7.96. The molecule has 0 N–H and O–H groups in total. The highest BCUT2D eigenvalue weighted by Gasteiger charge is 2.42. The molecule has 0 aliphatic carbocycles. The molecular formula is C18H24O4S2. The molecule has 0 spiro atoms. The van der Waals surface area contributed by atoms with E-state index in [0.717, 1.165) is 0 Å². The Labute approximate surface area is 145 Å². The SMILES string of the molecule is CC.CC.O=S1(=O)CC(S(=O)(=O)c2ccccc2)c2ccccc21. The Hall–Kier alpha value is -1.66. The molecular weight excluding hydrogens is 344 g/mol. The summed E-state index contributed by atoms with van der Waals surface area (Å²) in [5, 5.41) is -1.02. The Morgan fingerprint density at radius 2 is 1.33 bits per heavy atom. The molecule has 2 aromatic carbocycles. The Bertz CT molecular complexity index is 855. The van der Waals surface area contributed by atoms with E-state index in [-0.39, 0.29) is 15.5 Å². The first-order valence-corrected chi connectivity index (χ1v) is 11.2. The third-order valence-corrected chi connectivity index (χ3v) is 7.54. The molecule has 1 aliphatic heterocycles. The van der Waals surface area contributed by atoms with Gasteiger partial charge in [-0.05, 0) is 23.8 Å². The van der Waals surface area contributed by atoms with Crippen LogP contribution in [0.1, 0.15) is 38.5 Å². The van der Waals surface area contributed by atoms with E-state index in [9.17, 15) is 16.8 Å². The smallest absolute Gasteiger partial charge is 0.186 e. The minimum atomic E-state index is -3.70. The van der Waals surface area contributed by atoms with E-state index in [1.807, 2.05) is 27.7 Å². The summed E-state index contributed by atoms with van der Waals surface area (Å²) in [4.78, 5) is 0.279. The molecule has 6 heteroatoms. The van der Waals surface area contributed by atoms with Crippen LogP contribution in [0.2, 0.25) is 0 Å². The van der Waals surface area contributed by atoms with Crippen molar-refractivity contribution in [3.63, 3.8) is 0 Å². The minimum absolute atomic E-state index is 0.129. The summed E-state index contributed by atoms with van der Waals surface area (Å²) in [6.45, 7) is 8.00. The predicted octanol–water partition coefficient (Wildman–Crippen LogP) is 4.04. The zero-order chi connectivity index (χ0) is 18.4. The van der Waals surface area contributed by atoms with Crippen LogP contribution in [-0.2, 0) is 19.7 Å². The number of benzene rings is 2. The molecule has 0 fully saturated rings. The van der Waals surface area contributed by atoms with E-state index in [4.69, 9.17) is 0 Å². The van der Waals surface area contributed by atoms with Crippen LogP contribution in [0, 0.1) is 0 Å². The van der Waals surface area contributed by atoms with Gasteiger partial charge < -0.3 is 0 Å². The van der Waals surface area contributed by atoms with E-state index < -0.39 is 24.9 Å². The molecule has 0 aromatic heterocycles. The van der Waals surface area contributed by atoms with Crippen molar-refractivity contribution < 1.29 is 16.8 Å². The van der Waals surface area contributed by atoms with E-state index >= 15 is 0 Å². The Morgan fingerprint density at radius 1 is 0.833 bits per heavy atom. The molecule has 0 saturated carbocycles. The van der Waals surface area contributed by atoms with Gasteiger partial charge in [0.15, 0.2) is 19.7 Å². The van der Waals surface area contributed by atoms with Gasteiger partial charge in [-0.15, -0.1) is 0 Å². The lowest BCUT2D eigenvalue weighted by Gasteiger charge is -2.11. The second-order valence-corrected chi connectivity index (χ2v) is 8.80. The summed E-state index contributed by atoms with van der Waals surface area (Å²) >= 11 is 0. The molecule has 0 radical (unpaired) electrons. The Kier molecular flexibility index (Phi) is 7.17. The number of sulfone groups is 2. The van der Waals surface area contributed by atoms with Gasteiger partial charge in [-0.3, -0.25) is 0 Å². The maximum absolute atomic E-state index is 12.6. The fraction of sp³-hybridized carbons (Fsp3) is 0.333. The lowest BCUT2D eigenvalue weighted by atomic mass is 10.2. The van der Waals surface area contributed by atoms with Gasteiger partial charge in [0.05, 0.1) is 15.5 Å². The van der Waals surface area contributed by atoms with Crippen molar-refractivity contribution in [2.45, 2.75) is 42.7 Å². The van der Waals surface area contributed by atoms with Crippen molar-refractivity contribution in [1.82, 2.24) is 0 Å². The molecule has 132 valence electrons. The molecule has 1 aliphatic rings. The molecule has 3 rings (SSSR count). The van der Waals surface area contributed by atoms with Gasteiger partial charge in [0.1, 0.15) is 5.25 Å². The van der Waals surface area contributed by atoms with Crippen LogP contribution in [0.25, 0.3) is 0 Å². The van der Waals surface area contributed by atoms with Crippen LogP contribution in [0.5, 0.6) is 0 Å². The number of hydrogen-bond acceptors (Lipinski definition) is 4. The molecule has 0 amide bonds. The summed E-state index contributed by atoms with van der Waals surface area (Å²) in [7, 11) is -7.23. The van der Waals surface area contributed by atoms with Crippen molar-refractivity contribution in [1.29, 1.82) is 0 Å². The van der Waals surface area contributed by atoms with E-state index in [2.05, 4.69) is 0 Å². The molecule has 0 bridgehead atoms. The first kappa shape index (κ1) is 20.4. The number of hydrogen-bond donors (Lipinski definition) is 0. The monoisotopic (exact) mass is 368 g/mol. The van der Waals surface area contributed by atoms with Gasteiger partial charge in [0, 0.05) is 0 Å². The quantitative estimate of drug-likeness (QED) is 0.802. The number of rotatable bonds is 2. The highest BCUT2D eigenvalue weighted by atomic mass is 32.2. The fourth-order valence-corrected chi connectivity index (χ4v) is 6.79. The van der Waals surface area contributed by atoms with Crippen LogP contribution in [0.15, 0.2) is 64.4 Å². The molecule has 1 heterocycles. The maximum atomic E-state index is 12.6. The van der Waals surface area contributed by atoms with Crippen LogP contribution in [-0.4, -0.2) is 22.6 Å². The van der Waals surface area contributed by atoms with Crippen LogP contribution in [0.4, 0.5) is 0 Å². The first-order chi connectivity index (χ1) is 11.4. The van der Waals surface area contributed by atoms with Crippen molar-refractivity contribution >= 4 is 19.7 Å². The fourth-order valence-electron chi connectivity index (χ4n) is 2.44. The second kappa shape index (κ2) is 8.44. The number of fused-ring (bicyclic) bond motifs is 1. The van der Waals surface area contributed by atoms with Crippen LogP contribution < -0.4 is 0 Å². The standard InChI is InChI=1S/C14H12O4S2.2C2H6/c15-19(16)10-14(12-8-4-5-9-13(12)19)20(17,18)11-6-2-1-3-7-11;2*1-2/h1-9,14H,10H2;2*1-2H3. The van der Waals surface area contributed by atoms with Crippen LogP contribution in [0.3, 0.4) is 0 Å². The van der Waals surface area contributed by atoms with Gasteiger partial charge >= 0.3 is 0 Å². The second-order valence-electron chi connectivity index (χ2n) is 4.67. The van der Waals surface area contributed by atoms with Gasteiger partial charge in [-0.2, -0.15) is 0 Å². The summed E-state index contributed by atoms with van der Waals surface area (Å²) in [5.74, 6) is -0.385. The Morgan fingerprint density at radius 3 is 1.92 bits per heavy atom. The summed E-state index contributed by atoms with van der Waals surface area (Å²) < 4.78 is 49.4.